The Bertz CT molecular complexity index is 367. The molecular weight excluding hydrogens is 302 g/mol. The number of hydrogen-bond acceptors (Lipinski definition) is 3. The molecule has 0 fully saturated rings. The van der Waals surface area contributed by atoms with Crippen molar-refractivity contribution in [3.05, 3.63) is 20.8 Å². The van der Waals surface area contributed by atoms with Gasteiger partial charge in [0.05, 0.1) is 3.79 Å². The van der Waals surface area contributed by atoms with Gasteiger partial charge in [0.25, 0.3) is 0 Å². The van der Waals surface area contributed by atoms with E-state index in [-0.39, 0.29) is 11.8 Å². The van der Waals surface area contributed by atoms with Crippen LogP contribution in [-0.2, 0) is 16.1 Å². The summed E-state index contributed by atoms with van der Waals surface area (Å²) < 4.78 is 6.13. The van der Waals surface area contributed by atoms with Crippen LogP contribution in [0.25, 0.3) is 0 Å². The summed E-state index contributed by atoms with van der Waals surface area (Å²) in [5, 5.41) is 2.06. The molecular formula is C12H18BrNO2S. The second-order valence-electron chi connectivity index (χ2n) is 4.27. The van der Waals surface area contributed by atoms with Crippen molar-refractivity contribution in [1.82, 2.24) is 4.90 Å². The third-order valence-electron chi connectivity index (χ3n) is 2.44. The van der Waals surface area contributed by atoms with Crippen LogP contribution >= 0.6 is 27.3 Å². The van der Waals surface area contributed by atoms with E-state index in [9.17, 15) is 4.79 Å². The molecule has 0 aliphatic rings. The molecule has 0 aromatic carbocycles. The molecule has 0 N–H and O–H groups in total. The summed E-state index contributed by atoms with van der Waals surface area (Å²) in [6.07, 6.45) is 0.537. The van der Waals surface area contributed by atoms with Gasteiger partial charge in [0.1, 0.15) is 0 Å². The Morgan fingerprint density at radius 2 is 2.35 bits per heavy atom. The minimum absolute atomic E-state index is 0.164. The van der Waals surface area contributed by atoms with E-state index in [1.54, 1.807) is 23.3 Å². The van der Waals surface area contributed by atoms with Gasteiger partial charge in [0.2, 0.25) is 5.91 Å². The fourth-order valence-electron chi connectivity index (χ4n) is 1.59. The number of thiophene rings is 1. The van der Waals surface area contributed by atoms with Crippen LogP contribution in [-0.4, -0.2) is 31.6 Å². The Hall–Kier alpha value is -0.390. The lowest BCUT2D eigenvalue weighted by molar-refractivity contribution is -0.131. The molecule has 1 aromatic rings. The number of halogens is 1. The van der Waals surface area contributed by atoms with Crippen LogP contribution in [0.1, 0.15) is 18.9 Å². The maximum absolute atomic E-state index is 11.9. The molecule has 96 valence electrons. The zero-order valence-corrected chi connectivity index (χ0v) is 12.8. The zero-order valence-electron chi connectivity index (χ0n) is 10.4. The van der Waals surface area contributed by atoms with Crippen LogP contribution < -0.4 is 0 Å². The van der Waals surface area contributed by atoms with Gasteiger partial charge in [0.15, 0.2) is 0 Å². The molecule has 0 saturated carbocycles. The van der Waals surface area contributed by atoms with Crippen LogP contribution in [0.5, 0.6) is 0 Å². The van der Waals surface area contributed by atoms with Crippen molar-refractivity contribution >= 4 is 33.2 Å². The Morgan fingerprint density at radius 3 is 2.88 bits per heavy atom. The number of carbonyl (C=O) groups is 1. The van der Waals surface area contributed by atoms with Crippen molar-refractivity contribution in [2.75, 3.05) is 20.8 Å². The highest BCUT2D eigenvalue weighted by Crippen LogP contribution is 2.21. The Labute approximate surface area is 115 Å². The highest BCUT2D eigenvalue weighted by atomic mass is 79.9. The molecule has 1 rings (SSSR count). The lowest BCUT2D eigenvalue weighted by Crippen LogP contribution is -2.28. The molecule has 1 heterocycles. The summed E-state index contributed by atoms with van der Waals surface area (Å²) in [4.78, 5) is 13.7. The van der Waals surface area contributed by atoms with Gasteiger partial charge in [0, 0.05) is 33.7 Å². The third-order valence-corrected chi connectivity index (χ3v) is 3.99. The predicted molar refractivity (Wildman–Crippen MR) is 74.2 cm³/mol. The van der Waals surface area contributed by atoms with Crippen LogP contribution in [0.4, 0.5) is 0 Å². The molecule has 0 aliphatic heterocycles. The van der Waals surface area contributed by atoms with Gasteiger partial charge in [-0.3, -0.25) is 4.79 Å². The van der Waals surface area contributed by atoms with Crippen molar-refractivity contribution in [1.29, 1.82) is 0 Å². The van der Waals surface area contributed by atoms with Gasteiger partial charge in [-0.15, -0.1) is 11.3 Å². The Balaban J connectivity index is 2.41. The SMILES string of the molecule is COCC(C)CC(=O)N(C)Cc1csc(Br)c1. The molecule has 5 heteroatoms. The summed E-state index contributed by atoms with van der Waals surface area (Å²) in [5.41, 5.74) is 1.16. The molecule has 3 nitrogen and oxygen atoms in total. The lowest BCUT2D eigenvalue weighted by atomic mass is 10.1. The van der Waals surface area contributed by atoms with Crippen LogP contribution in [0.15, 0.2) is 15.2 Å². The monoisotopic (exact) mass is 319 g/mol. The summed E-state index contributed by atoms with van der Waals surface area (Å²) in [6, 6.07) is 2.05. The first-order valence-electron chi connectivity index (χ1n) is 5.48. The predicted octanol–water partition coefficient (Wildman–Crippen LogP) is 3.14. The second-order valence-corrected chi connectivity index (χ2v) is 6.56. The lowest BCUT2D eigenvalue weighted by Gasteiger charge is -2.18. The molecule has 1 unspecified atom stereocenters. The number of ether oxygens (including phenoxy) is 1. The third kappa shape index (κ3) is 5.19. The Kier molecular flexibility index (Phi) is 6.16. The number of amides is 1. The van der Waals surface area contributed by atoms with E-state index in [0.717, 1.165) is 9.35 Å². The molecule has 0 bridgehead atoms. The first kappa shape index (κ1) is 14.7. The van der Waals surface area contributed by atoms with E-state index < -0.39 is 0 Å². The summed E-state index contributed by atoms with van der Waals surface area (Å²) in [7, 11) is 3.50. The maximum atomic E-state index is 11.9. The van der Waals surface area contributed by atoms with Gasteiger partial charge >= 0.3 is 0 Å². The summed E-state index contributed by atoms with van der Waals surface area (Å²) in [6.45, 7) is 3.32. The first-order valence-corrected chi connectivity index (χ1v) is 7.16. The maximum Gasteiger partial charge on any atom is 0.222 e. The van der Waals surface area contributed by atoms with Gasteiger partial charge in [-0.05, 0) is 38.9 Å². The standard InChI is InChI=1S/C12H18BrNO2S/c1-9(7-16-3)4-12(15)14(2)6-10-5-11(13)17-8-10/h5,8-9H,4,6-7H2,1-3H3. The van der Waals surface area contributed by atoms with Gasteiger partial charge < -0.3 is 9.64 Å². The van der Waals surface area contributed by atoms with Crippen molar-refractivity contribution in [2.24, 2.45) is 5.92 Å². The van der Waals surface area contributed by atoms with Crippen LogP contribution in [0, 0.1) is 5.92 Å². The number of carbonyl (C=O) groups excluding carboxylic acids is 1. The zero-order chi connectivity index (χ0) is 12.8. The molecule has 1 aromatic heterocycles. The minimum atomic E-state index is 0.164. The number of rotatable bonds is 6. The van der Waals surface area contributed by atoms with E-state index >= 15 is 0 Å². The first-order chi connectivity index (χ1) is 8.02. The molecule has 17 heavy (non-hydrogen) atoms. The van der Waals surface area contributed by atoms with Gasteiger partial charge in [-0.1, -0.05) is 6.92 Å². The quantitative estimate of drug-likeness (QED) is 0.806. The van der Waals surface area contributed by atoms with E-state index in [1.165, 1.54) is 0 Å². The summed E-state index contributed by atoms with van der Waals surface area (Å²) >= 11 is 5.06. The van der Waals surface area contributed by atoms with Crippen molar-refractivity contribution in [2.45, 2.75) is 19.9 Å². The average Bonchev–Trinajstić information content (AvgIpc) is 2.64. The van der Waals surface area contributed by atoms with E-state index in [0.29, 0.717) is 19.6 Å². The van der Waals surface area contributed by atoms with Gasteiger partial charge in [-0.25, -0.2) is 0 Å². The van der Waals surface area contributed by atoms with Crippen LogP contribution in [0.3, 0.4) is 0 Å². The van der Waals surface area contributed by atoms with E-state index in [1.807, 2.05) is 20.0 Å². The summed E-state index contributed by atoms with van der Waals surface area (Å²) in [5.74, 6) is 0.432. The Morgan fingerprint density at radius 1 is 1.65 bits per heavy atom. The number of hydrogen-bond donors (Lipinski definition) is 0. The van der Waals surface area contributed by atoms with E-state index in [2.05, 4.69) is 21.3 Å². The van der Waals surface area contributed by atoms with Crippen LogP contribution in [0.2, 0.25) is 0 Å². The highest BCUT2D eigenvalue weighted by molar-refractivity contribution is 9.11. The molecule has 0 radical (unpaired) electrons. The number of nitrogens with zero attached hydrogens (tertiary/aromatic N) is 1. The molecule has 1 atom stereocenters. The highest BCUT2D eigenvalue weighted by Gasteiger charge is 2.14. The molecule has 1 amide bonds. The minimum Gasteiger partial charge on any atom is -0.384 e. The van der Waals surface area contributed by atoms with Crippen molar-refractivity contribution in [3.63, 3.8) is 0 Å². The average molecular weight is 320 g/mol. The molecule has 0 spiro atoms. The van der Waals surface area contributed by atoms with Crippen molar-refractivity contribution < 1.29 is 9.53 Å². The number of methoxy groups -OCH3 is 1. The topological polar surface area (TPSA) is 29.5 Å². The largest absolute Gasteiger partial charge is 0.384 e. The fraction of sp³-hybridized carbons (Fsp3) is 0.583. The molecule has 0 aliphatic carbocycles. The molecule has 0 saturated heterocycles. The normalized spacial score (nSPS) is 12.5. The fourth-order valence-corrected chi connectivity index (χ4v) is 2.79. The second kappa shape index (κ2) is 7.13. The smallest absolute Gasteiger partial charge is 0.222 e. The van der Waals surface area contributed by atoms with Crippen molar-refractivity contribution in [3.8, 4) is 0 Å². The van der Waals surface area contributed by atoms with Gasteiger partial charge in [-0.2, -0.15) is 0 Å². The van der Waals surface area contributed by atoms with E-state index in [4.69, 9.17) is 4.74 Å².